The molecule has 1 saturated carbocycles. The first-order valence-electron chi connectivity index (χ1n) is 7.03. The Labute approximate surface area is 110 Å². The minimum absolute atomic E-state index is 0.462. The number of nitrogens with zero attached hydrogens (tertiary/aromatic N) is 2. The molecule has 0 amide bonds. The number of aromatic nitrogens is 2. The normalized spacial score (nSPS) is 16.9. The highest BCUT2D eigenvalue weighted by Gasteiger charge is 2.20. The smallest absolute Gasteiger partial charge is 0.0953 e. The SMILES string of the molecule is CC(C)C(=Cc1cncn1C(C)C)CNC1CC1. The molecule has 0 atom stereocenters. The summed E-state index contributed by atoms with van der Waals surface area (Å²) in [6, 6.07) is 1.23. The Morgan fingerprint density at radius 1 is 1.44 bits per heavy atom. The lowest BCUT2D eigenvalue weighted by Crippen LogP contribution is -2.21. The van der Waals surface area contributed by atoms with Crippen LogP contribution in [0.1, 0.15) is 52.3 Å². The van der Waals surface area contributed by atoms with Crippen LogP contribution in [0.25, 0.3) is 6.08 Å². The maximum absolute atomic E-state index is 4.26. The summed E-state index contributed by atoms with van der Waals surface area (Å²) in [7, 11) is 0. The molecule has 0 saturated heterocycles. The Bertz CT molecular complexity index is 411. The lowest BCUT2D eigenvalue weighted by molar-refractivity contribution is 0.593. The molecule has 0 aliphatic heterocycles. The van der Waals surface area contributed by atoms with Crippen LogP contribution < -0.4 is 5.32 Å². The minimum Gasteiger partial charge on any atom is -0.329 e. The van der Waals surface area contributed by atoms with Gasteiger partial charge in [0.15, 0.2) is 0 Å². The van der Waals surface area contributed by atoms with E-state index in [0.29, 0.717) is 12.0 Å². The number of hydrogen-bond acceptors (Lipinski definition) is 2. The summed E-state index contributed by atoms with van der Waals surface area (Å²) in [5.41, 5.74) is 2.68. The van der Waals surface area contributed by atoms with Gasteiger partial charge in [-0.15, -0.1) is 0 Å². The average Bonchev–Trinajstić information content (AvgIpc) is 3.01. The maximum atomic E-state index is 4.26. The Balaban J connectivity index is 2.11. The lowest BCUT2D eigenvalue weighted by Gasteiger charge is -2.14. The van der Waals surface area contributed by atoms with E-state index in [1.807, 2.05) is 12.5 Å². The number of nitrogens with one attached hydrogen (secondary N) is 1. The summed E-state index contributed by atoms with van der Waals surface area (Å²) in [5.74, 6) is 0.576. The second kappa shape index (κ2) is 5.70. The van der Waals surface area contributed by atoms with Crippen LogP contribution >= 0.6 is 0 Å². The van der Waals surface area contributed by atoms with Gasteiger partial charge in [0.25, 0.3) is 0 Å². The molecule has 0 aromatic carbocycles. The van der Waals surface area contributed by atoms with E-state index in [2.05, 4.69) is 48.6 Å². The molecule has 3 heteroatoms. The Morgan fingerprint density at radius 2 is 2.17 bits per heavy atom. The van der Waals surface area contributed by atoms with Crippen molar-refractivity contribution in [1.29, 1.82) is 0 Å². The van der Waals surface area contributed by atoms with E-state index in [9.17, 15) is 0 Å². The first kappa shape index (κ1) is 13.3. The van der Waals surface area contributed by atoms with Crippen molar-refractivity contribution in [3.63, 3.8) is 0 Å². The van der Waals surface area contributed by atoms with Crippen molar-refractivity contribution in [3.8, 4) is 0 Å². The molecule has 18 heavy (non-hydrogen) atoms. The molecule has 1 fully saturated rings. The molecule has 0 unspecified atom stereocenters. The third-order valence-electron chi connectivity index (χ3n) is 3.50. The van der Waals surface area contributed by atoms with E-state index < -0.39 is 0 Å². The summed E-state index contributed by atoms with van der Waals surface area (Å²) in [4.78, 5) is 4.26. The van der Waals surface area contributed by atoms with Crippen molar-refractivity contribution in [3.05, 3.63) is 23.8 Å². The molecule has 1 heterocycles. The van der Waals surface area contributed by atoms with Crippen LogP contribution in [-0.2, 0) is 0 Å². The van der Waals surface area contributed by atoms with Crippen LogP contribution in [0, 0.1) is 5.92 Å². The molecular formula is C15H25N3. The quantitative estimate of drug-likeness (QED) is 0.836. The van der Waals surface area contributed by atoms with Crippen LogP contribution in [0.5, 0.6) is 0 Å². The monoisotopic (exact) mass is 247 g/mol. The van der Waals surface area contributed by atoms with Crippen LogP contribution in [0.3, 0.4) is 0 Å². The fourth-order valence-electron chi connectivity index (χ4n) is 2.02. The number of hydrogen-bond donors (Lipinski definition) is 1. The van der Waals surface area contributed by atoms with Crippen molar-refractivity contribution in [2.24, 2.45) is 5.92 Å². The molecule has 1 aliphatic carbocycles. The van der Waals surface area contributed by atoms with Crippen molar-refractivity contribution in [2.75, 3.05) is 6.54 Å². The van der Waals surface area contributed by atoms with Crippen LogP contribution in [-0.4, -0.2) is 22.1 Å². The van der Waals surface area contributed by atoms with Gasteiger partial charge in [-0.25, -0.2) is 4.98 Å². The fraction of sp³-hybridized carbons (Fsp3) is 0.667. The van der Waals surface area contributed by atoms with Gasteiger partial charge in [0.2, 0.25) is 0 Å². The minimum atomic E-state index is 0.462. The summed E-state index contributed by atoms with van der Waals surface area (Å²) < 4.78 is 2.22. The van der Waals surface area contributed by atoms with Gasteiger partial charge in [-0.3, -0.25) is 0 Å². The molecule has 100 valence electrons. The zero-order valence-corrected chi connectivity index (χ0v) is 12.0. The van der Waals surface area contributed by atoms with E-state index in [1.54, 1.807) is 0 Å². The molecule has 0 spiro atoms. The third kappa shape index (κ3) is 3.45. The zero-order chi connectivity index (χ0) is 13.1. The van der Waals surface area contributed by atoms with Gasteiger partial charge in [0, 0.05) is 18.6 Å². The second-order valence-electron chi connectivity index (χ2n) is 5.85. The first-order valence-corrected chi connectivity index (χ1v) is 7.03. The predicted octanol–water partition coefficient (Wildman–Crippen LogP) is 3.26. The van der Waals surface area contributed by atoms with E-state index in [0.717, 1.165) is 12.6 Å². The van der Waals surface area contributed by atoms with Gasteiger partial charge >= 0.3 is 0 Å². The van der Waals surface area contributed by atoms with E-state index in [1.165, 1.54) is 24.1 Å². The molecule has 1 aliphatic rings. The molecule has 0 bridgehead atoms. The largest absolute Gasteiger partial charge is 0.329 e. The molecule has 2 rings (SSSR count). The molecule has 3 nitrogen and oxygen atoms in total. The number of imidazole rings is 1. The van der Waals surface area contributed by atoms with Crippen molar-refractivity contribution in [2.45, 2.75) is 52.6 Å². The average molecular weight is 247 g/mol. The molecule has 0 radical (unpaired) electrons. The van der Waals surface area contributed by atoms with E-state index in [4.69, 9.17) is 0 Å². The van der Waals surface area contributed by atoms with Gasteiger partial charge < -0.3 is 9.88 Å². The Morgan fingerprint density at radius 3 is 2.72 bits per heavy atom. The van der Waals surface area contributed by atoms with Gasteiger partial charge in [0.1, 0.15) is 0 Å². The van der Waals surface area contributed by atoms with Gasteiger partial charge in [-0.2, -0.15) is 0 Å². The summed E-state index contributed by atoms with van der Waals surface area (Å²) in [6.45, 7) is 9.91. The zero-order valence-electron chi connectivity index (χ0n) is 12.0. The highest BCUT2D eigenvalue weighted by Crippen LogP contribution is 2.21. The highest BCUT2D eigenvalue weighted by molar-refractivity contribution is 5.50. The van der Waals surface area contributed by atoms with Crippen LogP contribution in [0.15, 0.2) is 18.1 Å². The Kier molecular flexibility index (Phi) is 4.23. The van der Waals surface area contributed by atoms with Crippen molar-refractivity contribution < 1.29 is 0 Å². The molecular weight excluding hydrogens is 222 g/mol. The maximum Gasteiger partial charge on any atom is 0.0953 e. The topological polar surface area (TPSA) is 29.9 Å². The van der Waals surface area contributed by atoms with Gasteiger partial charge in [0.05, 0.1) is 18.2 Å². The van der Waals surface area contributed by atoms with E-state index in [-0.39, 0.29) is 0 Å². The second-order valence-corrected chi connectivity index (χ2v) is 5.85. The first-order chi connectivity index (χ1) is 8.58. The molecule has 1 aromatic heterocycles. The van der Waals surface area contributed by atoms with Gasteiger partial charge in [-0.05, 0) is 38.7 Å². The summed E-state index contributed by atoms with van der Waals surface area (Å²) in [6.07, 6.45) is 8.86. The van der Waals surface area contributed by atoms with Crippen molar-refractivity contribution >= 4 is 6.08 Å². The molecule has 1 aromatic rings. The standard InChI is InChI=1S/C15H25N3/c1-11(2)13(8-17-14-5-6-14)7-15-9-16-10-18(15)12(3)4/h7,9-12,14,17H,5-6,8H2,1-4H3. The Hall–Kier alpha value is -1.09. The van der Waals surface area contributed by atoms with E-state index >= 15 is 0 Å². The number of rotatable bonds is 6. The van der Waals surface area contributed by atoms with Crippen LogP contribution in [0.2, 0.25) is 0 Å². The third-order valence-corrected chi connectivity index (χ3v) is 3.50. The highest BCUT2D eigenvalue weighted by atomic mass is 15.1. The van der Waals surface area contributed by atoms with Crippen LogP contribution in [0.4, 0.5) is 0 Å². The lowest BCUT2D eigenvalue weighted by atomic mass is 10.0. The predicted molar refractivity (Wildman–Crippen MR) is 76.5 cm³/mol. The van der Waals surface area contributed by atoms with Gasteiger partial charge in [-0.1, -0.05) is 19.4 Å². The van der Waals surface area contributed by atoms with Crippen molar-refractivity contribution in [1.82, 2.24) is 14.9 Å². The summed E-state index contributed by atoms with van der Waals surface area (Å²) in [5, 5.41) is 3.60. The fourth-order valence-corrected chi connectivity index (χ4v) is 2.02. The molecule has 1 N–H and O–H groups in total. The summed E-state index contributed by atoms with van der Waals surface area (Å²) >= 11 is 0.